The van der Waals surface area contributed by atoms with Gasteiger partial charge in [-0.3, -0.25) is 14.4 Å². The molecule has 1 fully saturated rings. The fraction of sp³-hybridized carbons (Fsp3) is 0.269. The van der Waals surface area contributed by atoms with Gasteiger partial charge in [0.1, 0.15) is 24.6 Å². The summed E-state index contributed by atoms with van der Waals surface area (Å²) < 4.78 is 30.0. The van der Waals surface area contributed by atoms with Crippen molar-refractivity contribution in [2.75, 3.05) is 6.54 Å². The lowest BCUT2D eigenvalue weighted by atomic mass is 10.1. The lowest BCUT2D eigenvalue weighted by Gasteiger charge is -2.24. The number of ketones is 1. The minimum absolute atomic E-state index is 0.0740. The van der Waals surface area contributed by atoms with Crippen molar-refractivity contribution in [2.24, 2.45) is 0 Å². The van der Waals surface area contributed by atoms with Crippen LogP contribution < -0.4 is 5.32 Å². The van der Waals surface area contributed by atoms with E-state index < -0.39 is 29.8 Å². The Morgan fingerprint density at radius 3 is 2.74 bits per heavy atom. The summed E-state index contributed by atoms with van der Waals surface area (Å²) in [6.45, 7) is 0.821. The second-order valence-corrected chi connectivity index (χ2v) is 8.84. The van der Waals surface area contributed by atoms with Crippen molar-refractivity contribution in [1.29, 1.82) is 0 Å². The highest BCUT2D eigenvalue weighted by Crippen LogP contribution is 2.26. The number of nitrogens with zero attached hydrogens (tertiary/aromatic N) is 2. The SMILES string of the molecule is C#Cc1ccc2c(C(C)=O)cn(CC(=O)N3C[C@H](F)CC3C(=O)NCc3cccc(Cl)c3F)c2c1. The molecule has 3 aromatic rings. The fourth-order valence-corrected chi connectivity index (χ4v) is 4.52. The van der Waals surface area contributed by atoms with Crippen molar-refractivity contribution in [1.82, 2.24) is 14.8 Å². The van der Waals surface area contributed by atoms with E-state index >= 15 is 0 Å². The molecule has 180 valence electrons. The summed E-state index contributed by atoms with van der Waals surface area (Å²) in [4.78, 5) is 39.3. The van der Waals surface area contributed by atoms with Crippen LogP contribution in [0.3, 0.4) is 0 Å². The largest absolute Gasteiger partial charge is 0.350 e. The number of rotatable bonds is 6. The van der Waals surface area contributed by atoms with Crippen LogP contribution in [0.5, 0.6) is 0 Å². The van der Waals surface area contributed by atoms with E-state index in [4.69, 9.17) is 18.0 Å². The number of benzene rings is 2. The average Bonchev–Trinajstić information content (AvgIpc) is 3.40. The highest BCUT2D eigenvalue weighted by molar-refractivity contribution is 6.30. The summed E-state index contributed by atoms with van der Waals surface area (Å²) in [7, 11) is 0. The van der Waals surface area contributed by atoms with Gasteiger partial charge < -0.3 is 14.8 Å². The number of nitrogens with one attached hydrogen (secondary N) is 1. The number of aromatic nitrogens is 1. The first-order chi connectivity index (χ1) is 16.7. The molecule has 0 radical (unpaired) electrons. The van der Waals surface area contributed by atoms with Crippen LogP contribution in [0.25, 0.3) is 10.9 Å². The first kappa shape index (κ1) is 24.4. The van der Waals surface area contributed by atoms with Gasteiger partial charge in [0.2, 0.25) is 11.8 Å². The Labute approximate surface area is 205 Å². The number of carbonyl (C=O) groups is 3. The van der Waals surface area contributed by atoms with Gasteiger partial charge in [-0.25, -0.2) is 8.78 Å². The van der Waals surface area contributed by atoms with Gasteiger partial charge in [-0.1, -0.05) is 35.7 Å². The Hall–Kier alpha value is -3.70. The Balaban J connectivity index is 1.54. The average molecular weight is 498 g/mol. The molecule has 0 bridgehead atoms. The molecule has 2 atom stereocenters. The topological polar surface area (TPSA) is 71.4 Å². The van der Waals surface area contributed by atoms with Crippen LogP contribution >= 0.6 is 11.6 Å². The molecule has 35 heavy (non-hydrogen) atoms. The zero-order valence-corrected chi connectivity index (χ0v) is 19.6. The van der Waals surface area contributed by atoms with Crippen LogP contribution in [0.15, 0.2) is 42.6 Å². The van der Waals surface area contributed by atoms with Crippen LogP contribution in [0.4, 0.5) is 8.78 Å². The van der Waals surface area contributed by atoms with Gasteiger partial charge in [0, 0.05) is 41.2 Å². The summed E-state index contributed by atoms with van der Waals surface area (Å²) in [6, 6.07) is 8.50. The number of carbonyl (C=O) groups excluding carboxylic acids is 3. The highest BCUT2D eigenvalue weighted by atomic mass is 35.5. The predicted octanol–water partition coefficient (Wildman–Crippen LogP) is 3.87. The minimum atomic E-state index is -1.38. The predicted molar refractivity (Wildman–Crippen MR) is 128 cm³/mol. The maximum absolute atomic E-state index is 14.3. The van der Waals surface area contributed by atoms with Crippen LogP contribution in [-0.4, -0.2) is 45.8 Å². The summed E-state index contributed by atoms with van der Waals surface area (Å²) >= 11 is 5.77. The Morgan fingerprint density at radius 2 is 2.03 bits per heavy atom. The zero-order chi connectivity index (χ0) is 25.3. The standard InChI is InChI=1S/C26H22ClF2N3O3/c1-3-16-7-8-19-20(15(2)33)13-31(22(19)9-16)14-24(34)32-12-18(28)10-23(32)26(35)30-11-17-5-4-6-21(27)25(17)29/h1,4-9,13,18,23H,10-12,14H2,2H3,(H,30,35)/t18-,23?/m1/s1. The van der Waals surface area contributed by atoms with Crippen molar-refractivity contribution in [3.8, 4) is 12.3 Å². The zero-order valence-electron chi connectivity index (χ0n) is 18.9. The lowest BCUT2D eigenvalue weighted by molar-refractivity contribution is -0.139. The molecule has 1 N–H and O–H groups in total. The van der Waals surface area contributed by atoms with E-state index in [0.29, 0.717) is 22.0 Å². The molecule has 0 spiro atoms. The quantitative estimate of drug-likeness (QED) is 0.415. The van der Waals surface area contributed by atoms with E-state index in [2.05, 4.69) is 11.2 Å². The van der Waals surface area contributed by atoms with Crippen molar-refractivity contribution in [2.45, 2.75) is 38.6 Å². The normalized spacial score (nSPS) is 17.4. The molecule has 0 aliphatic carbocycles. The summed E-state index contributed by atoms with van der Waals surface area (Å²) in [5, 5.41) is 3.14. The highest BCUT2D eigenvalue weighted by Gasteiger charge is 2.39. The molecule has 1 aliphatic rings. The van der Waals surface area contributed by atoms with Crippen molar-refractivity contribution >= 4 is 40.1 Å². The van der Waals surface area contributed by atoms with Crippen molar-refractivity contribution in [3.63, 3.8) is 0 Å². The van der Waals surface area contributed by atoms with E-state index in [0.717, 1.165) is 0 Å². The molecule has 1 aliphatic heterocycles. The van der Waals surface area contributed by atoms with Gasteiger partial charge in [-0.05, 0) is 25.1 Å². The van der Waals surface area contributed by atoms with Crippen LogP contribution in [-0.2, 0) is 22.7 Å². The molecule has 1 aromatic heterocycles. The van der Waals surface area contributed by atoms with E-state index in [1.54, 1.807) is 35.0 Å². The van der Waals surface area contributed by atoms with E-state index in [-0.39, 0.29) is 42.4 Å². The van der Waals surface area contributed by atoms with Crippen LogP contribution in [0, 0.1) is 18.2 Å². The van der Waals surface area contributed by atoms with E-state index in [1.165, 1.54) is 24.0 Å². The second kappa shape index (κ2) is 9.88. The van der Waals surface area contributed by atoms with Gasteiger partial charge in [-0.2, -0.15) is 0 Å². The minimum Gasteiger partial charge on any atom is -0.350 e. The van der Waals surface area contributed by atoms with Crippen molar-refractivity contribution < 1.29 is 23.2 Å². The number of hydrogen-bond acceptors (Lipinski definition) is 3. The summed E-state index contributed by atoms with van der Waals surface area (Å²) in [6.07, 6.45) is 5.52. The molecule has 9 heteroatoms. The number of terminal acetylenes is 1. The number of hydrogen-bond donors (Lipinski definition) is 1. The van der Waals surface area contributed by atoms with E-state index in [1.807, 2.05) is 0 Å². The third-order valence-electron chi connectivity index (χ3n) is 6.09. The Bertz CT molecular complexity index is 1380. The maximum Gasteiger partial charge on any atom is 0.243 e. The smallest absolute Gasteiger partial charge is 0.243 e. The van der Waals surface area contributed by atoms with Gasteiger partial charge in [0.05, 0.1) is 17.1 Å². The van der Waals surface area contributed by atoms with Gasteiger partial charge in [0.15, 0.2) is 5.78 Å². The summed E-state index contributed by atoms with van der Waals surface area (Å²) in [5.74, 6) is 0.623. The third-order valence-corrected chi connectivity index (χ3v) is 6.38. The first-order valence-corrected chi connectivity index (χ1v) is 11.3. The summed E-state index contributed by atoms with van der Waals surface area (Å²) in [5.41, 5.74) is 1.78. The fourth-order valence-electron chi connectivity index (χ4n) is 4.32. The Kier molecular flexibility index (Phi) is 6.90. The molecule has 2 amide bonds. The molecule has 4 rings (SSSR count). The number of Topliss-reactive ketones (excluding diaryl/α,β-unsaturated/α-hetero) is 1. The van der Waals surface area contributed by atoms with Gasteiger partial charge >= 0.3 is 0 Å². The number of amides is 2. The number of fused-ring (bicyclic) bond motifs is 1. The molecule has 2 aromatic carbocycles. The molecular weight excluding hydrogens is 476 g/mol. The number of likely N-dealkylation sites (tertiary alicyclic amines) is 1. The maximum atomic E-state index is 14.3. The van der Waals surface area contributed by atoms with Gasteiger partial charge in [-0.15, -0.1) is 6.42 Å². The molecule has 1 saturated heterocycles. The second-order valence-electron chi connectivity index (χ2n) is 8.43. The van der Waals surface area contributed by atoms with E-state index in [9.17, 15) is 23.2 Å². The van der Waals surface area contributed by atoms with Gasteiger partial charge in [0.25, 0.3) is 0 Å². The number of halogens is 3. The molecule has 0 saturated carbocycles. The van der Waals surface area contributed by atoms with Crippen LogP contribution in [0.2, 0.25) is 5.02 Å². The van der Waals surface area contributed by atoms with Crippen molar-refractivity contribution in [3.05, 3.63) is 70.1 Å². The molecule has 2 heterocycles. The molecule has 1 unspecified atom stereocenters. The molecular formula is C26H22ClF2N3O3. The third kappa shape index (κ3) is 4.91. The first-order valence-electron chi connectivity index (χ1n) is 10.9. The lowest BCUT2D eigenvalue weighted by Crippen LogP contribution is -2.46. The monoisotopic (exact) mass is 497 g/mol. The van der Waals surface area contributed by atoms with Crippen LogP contribution in [0.1, 0.15) is 34.8 Å². The number of alkyl halides is 1. The Morgan fingerprint density at radius 1 is 1.26 bits per heavy atom. The molecule has 6 nitrogen and oxygen atoms in total.